The number of rotatable bonds is 1. The summed E-state index contributed by atoms with van der Waals surface area (Å²) in [5, 5.41) is 0. The summed E-state index contributed by atoms with van der Waals surface area (Å²) in [6.07, 6.45) is 0. The number of halogens is 1. The Hall–Kier alpha value is -0.640. The van der Waals surface area contributed by atoms with Gasteiger partial charge in [-0.25, -0.2) is 0 Å². The van der Waals surface area contributed by atoms with Gasteiger partial charge in [-0.1, -0.05) is 29.9 Å². The number of aromatic nitrogens is 1. The molecule has 2 aromatic heterocycles. The van der Waals surface area contributed by atoms with Crippen molar-refractivity contribution in [2.24, 2.45) is 0 Å². The lowest BCUT2D eigenvalue weighted by Crippen LogP contribution is -1.78. The third-order valence-corrected chi connectivity index (χ3v) is 3.11. The van der Waals surface area contributed by atoms with Crippen molar-refractivity contribution in [2.75, 3.05) is 0 Å². The van der Waals surface area contributed by atoms with Crippen LogP contribution in [0.25, 0.3) is 10.6 Å². The Labute approximate surface area is 90.0 Å². The van der Waals surface area contributed by atoms with Crippen molar-refractivity contribution in [2.45, 2.75) is 0 Å². The molecule has 0 radical (unpaired) electrons. The zero-order valence-corrected chi connectivity index (χ0v) is 8.97. The monoisotopic (exact) mass is 227 g/mol. The first-order valence-corrected chi connectivity index (χ1v) is 5.31. The van der Waals surface area contributed by atoms with Crippen LogP contribution in [-0.2, 0) is 0 Å². The molecule has 2 heterocycles. The minimum atomic E-state index is 0.738. The maximum atomic E-state index is 5.83. The van der Waals surface area contributed by atoms with Gasteiger partial charge in [0.25, 0.3) is 0 Å². The van der Waals surface area contributed by atoms with Gasteiger partial charge in [0, 0.05) is 0 Å². The summed E-state index contributed by atoms with van der Waals surface area (Å²) >= 11 is 12.4. The molecule has 0 aliphatic heterocycles. The van der Waals surface area contributed by atoms with E-state index in [0.29, 0.717) is 0 Å². The van der Waals surface area contributed by atoms with E-state index in [1.807, 2.05) is 30.3 Å². The van der Waals surface area contributed by atoms with Gasteiger partial charge < -0.3 is 4.98 Å². The molecule has 1 nitrogen and oxygen atoms in total. The SMILES string of the molecule is S=c1cccc(-c2ccc(Cl)s2)[nH]1. The molecule has 0 aliphatic carbocycles. The second-order valence-electron chi connectivity index (χ2n) is 2.53. The molecular weight excluding hydrogens is 222 g/mol. The third-order valence-electron chi connectivity index (χ3n) is 1.61. The first-order chi connectivity index (χ1) is 6.25. The molecule has 13 heavy (non-hydrogen) atoms. The zero-order valence-electron chi connectivity index (χ0n) is 6.58. The molecule has 1 N–H and O–H groups in total. The summed E-state index contributed by atoms with van der Waals surface area (Å²) in [4.78, 5) is 4.21. The van der Waals surface area contributed by atoms with E-state index in [0.717, 1.165) is 19.5 Å². The Morgan fingerprint density at radius 3 is 2.69 bits per heavy atom. The number of H-pyrrole nitrogens is 1. The van der Waals surface area contributed by atoms with Crippen LogP contribution in [0, 0.1) is 4.64 Å². The summed E-state index contributed by atoms with van der Waals surface area (Å²) in [5.41, 5.74) is 1.02. The van der Waals surface area contributed by atoms with Gasteiger partial charge in [-0.3, -0.25) is 0 Å². The fraction of sp³-hybridized carbons (Fsp3) is 0. The molecule has 4 heteroatoms. The van der Waals surface area contributed by atoms with Gasteiger partial charge in [-0.2, -0.15) is 0 Å². The topological polar surface area (TPSA) is 15.8 Å². The number of aromatic amines is 1. The molecule has 0 saturated heterocycles. The van der Waals surface area contributed by atoms with Crippen molar-refractivity contribution < 1.29 is 0 Å². The molecule has 0 unspecified atom stereocenters. The van der Waals surface area contributed by atoms with E-state index in [1.165, 1.54) is 11.3 Å². The van der Waals surface area contributed by atoms with E-state index in [2.05, 4.69) is 4.98 Å². The molecule has 0 saturated carbocycles. The second kappa shape index (κ2) is 3.62. The van der Waals surface area contributed by atoms with Gasteiger partial charge >= 0.3 is 0 Å². The van der Waals surface area contributed by atoms with Crippen molar-refractivity contribution in [1.82, 2.24) is 4.98 Å². The number of pyridine rings is 1. The first kappa shape index (κ1) is 8.94. The molecular formula is C9H6ClNS2. The number of hydrogen-bond acceptors (Lipinski definition) is 2. The van der Waals surface area contributed by atoms with Crippen LogP contribution in [0.4, 0.5) is 0 Å². The highest BCUT2D eigenvalue weighted by atomic mass is 35.5. The number of nitrogens with one attached hydrogen (secondary N) is 1. The Morgan fingerprint density at radius 1 is 1.23 bits per heavy atom. The normalized spacial score (nSPS) is 10.2. The third kappa shape index (κ3) is 1.99. The quantitative estimate of drug-likeness (QED) is 0.725. The van der Waals surface area contributed by atoms with E-state index >= 15 is 0 Å². The van der Waals surface area contributed by atoms with Crippen molar-refractivity contribution in [1.29, 1.82) is 0 Å². The maximum Gasteiger partial charge on any atom is 0.103 e. The largest absolute Gasteiger partial charge is 0.345 e. The van der Waals surface area contributed by atoms with E-state index in [9.17, 15) is 0 Å². The van der Waals surface area contributed by atoms with E-state index in [4.69, 9.17) is 23.8 Å². The fourth-order valence-corrected chi connectivity index (χ4v) is 2.26. The summed E-state index contributed by atoms with van der Waals surface area (Å²) in [6, 6.07) is 9.63. The Bertz CT molecular complexity index is 472. The predicted molar refractivity (Wildman–Crippen MR) is 59.9 cm³/mol. The van der Waals surface area contributed by atoms with Crippen molar-refractivity contribution >= 4 is 35.2 Å². The van der Waals surface area contributed by atoms with Gasteiger partial charge in [0.15, 0.2) is 0 Å². The number of hydrogen-bond donors (Lipinski definition) is 1. The molecule has 66 valence electrons. The Kier molecular flexibility index (Phi) is 2.49. The van der Waals surface area contributed by atoms with Crippen LogP contribution in [0.1, 0.15) is 0 Å². The van der Waals surface area contributed by atoms with E-state index < -0.39 is 0 Å². The molecule has 0 atom stereocenters. The summed E-state index contributed by atoms with van der Waals surface area (Å²) in [7, 11) is 0. The lowest BCUT2D eigenvalue weighted by molar-refractivity contribution is 1.31. The van der Waals surface area contributed by atoms with Crippen LogP contribution < -0.4 is 0 Å². The van der Waals surface area contributed by atoms with Gasteiger partial charge in [-0.05, 0) is 24.3 Å². The first-order valence-electron chi connectivity index (χ1n) is 3.71. The van der Waals surface area contributed by atoms with E-state index in [-0.39, 0.29) is 0 Å². The van der Waals surface area contributed by atoms with Crippen LogP contribution in [0.15, 0.2) is 30.3 Å². The number of thiophene rings is 1. The Balaban J connectivity index is 2.52. The fourth-order valence-electron chi connectivity index (χ4n) is 1.05. The van der Waals surface area contributed by atoms with Crippen molar-refractivity contribution in [3.05, 3.63) is 39.3 Å². The lowest BCUT2D eigenvalue weighted by atomic mass is 10.3. The van der Waals surface area contributed by atoms with Crippen LogP contribution in [-0.4, -0.2) is 4.98 Å². The minimum absolute atomic E-state index is 0.738. The van der Waals surface area contributed by atoms with Crippen molar-refractivity contribution in [3.8, 4) is 10.6 Å². The van der Waals surface area contributed by atoms with Gasteiger partial charge in [0.1, 0.15) is 4.64 Å². The highest BCUT2D eigenvalue weighted by molar-refractivity contribution is 7.71. The zero-order chi connectivity index (χ0) is 9.26. The molecule has 0 aliphatic rings. The predicted octanol–water partition coefficient (Wildman–Crippen LogP) is 4.13. The highest BCUT2D eigenvalue weighted by Crippen LogP contribution is 2.29. The average Bonchev–Trinajstić information content (AvgIpc) is 2.52. The maximum absolute atomic E-state index is 5.83. The summed E-state index contributed by atoms with van der Waals surface area (Å²) in [6.45, 7) is 0. The molecule has 0 aromatic carbocycles. The summed E-state index contributed by atoms with van der Waals surface area (Å²) < 4.78 is 1.53. The van der Waals surface area contributed by atoms with Crippen LogP contribution >= 0.6 is 35.2 Å². The Morgan fingerprint density at radius 2 is 2.08 bits per heavy atom. The van der Waals surface area contributed by atoms with Crippen LogP contribution in [0.3, 0.4) is 0 Å². The van der Waals surface area contributed by atoms with Gasteiger partial charge in [0.2, 0.25) is 0 Å². The van der Waals surface area contributed by atoms with Gasteiger partial charge in [-0.15, -0.1) is 11.3 Å². The standard InChI is InChI=1S/C9H6ClNS2/c10-8-5-4-7(13-8)6-2-1-3-9(12)11-6/h1-5H,(H,11,12). The highest BCUT2D eigenvalue weighted by Gasteiger charge is 2.00. The lowest BCUT2D eigenvalue weighted by Gasteiger charge is -1.95. The van der Waals surface area contributed by atoms with Crippen molar-refractivity contribution in [3.63, 3.8) is 0 Å². The van der Waals surface area contributed by atoms with Gasteiger partial charge in [0.05, 0.1) is 14.9 Å². The molecule has 2 rings (SSSR count). The summed E-state index contributed by atoms with van der Waals surface area (Å²) in [5.74, 6) is 0. The van der Waals surface area contributed by atoms with Crippen LogP contribution in [0.2, 0.25) is 4.34 Å². The van der Waals surface area contributed by atoms with Crippen LogP contribution in [0.5, 0.6) is 0 Å². The van der Waals surface area contributed by atoms with E-state index in [1.54, 1.807) is 0 Å². The molecule has 0 bridgehead atoms. The average molecular weight is 228 g/mol. The molecule has 0 amide bonds. The second-order valence-corrected chi connectivity index (χ2v) is 4.69. The smallest absolute Gasteiger partial charge is 0.103 e. The molecule has 0 spiro atoms. The molecule has 0 fully saturated rings. The molecule has 2 aromatic rings. The minimum Gasteiger partial charge on any atom is -0.345 e.